The highest BCUT2D eigenvalue weighted by Crippen LogP contribution is 2.30. The Kier molecular flexibility index (Phi) is 5.14. The number of carbonyl (C=O) groups excluding carboxylic acids is 1. The predicted octanol–water partition coefficient (Wildman–Crippen LogP) is 4.81. The molecule has 1 N–H and O–H groups in total. The molecule has 3 aromatic heterocycles. The number of hydrogen-bond acceptors (Lipinski definition) is 5. The average molecular weight is 451 g/mol. The fourth-order valence-corrected chi connectivity index (χ4v) is 5.88. The van der Waals surface area contributed by atoms with Gasteiger partial charge in [0, 0.05) is 35.8 Å². The number of fused-ring (bicyclic) bond motifs is 2. The largest absolute Gasteiger partial charge is 0.287 e. The molecule has 1 aromatic carbocycles. The van der Waals surface area contributed by atoms with E-state index in [1.54, 1.807) is 34.3 Å². The van der Waals surface area contributed by atoms with Crippen LogP contribution in [-0.2, 0) is 16.4 Å². The van der Waals surface area contributed by atoms with E-state index < -0.39 is 10.0 Å². The van der Waals surface area contributed by atoms with Crippen molar-refractivity contribution in [1.82, 2.24) is 14.0 Å². The Balaban J connectivity index is 1.77. The summed E-state index contributed by atoms with van der Waals surface area (Å²) in [4.78, 5) is 16.6. The lowest BCUT2D eigenvalue weighted by Crippen LogP contribution is -2.15. The minimum absolute atomic E-state index is 0.0724. The topological polar surface area (TPSA) is 85.5 Å². The first-order valence-electron chi connectivity index (χ1n) is 9.10. The first kappa shape index (κ1) is 19.9. The number of thiazole rings is 1. The zero-order chi connectivity index (χ0) is 20.8. The van der Waals surface area contributed by atoms with Crippen LogP contribution in [0.5, 0.6) is 0 Å². The summed E-state index contributed by atoms with van der Waals surface area (Å²) in [6.07, 6.45) is 6.27. The van der Waals surface area contributed by atoms with E-state index in [2.05, 4.69) is 16.6 Å². The lowest BCUT2D eigenvalue weighted by atomic mass is 10.1. The minimum atomic E-state index is -3.95. The second kappa shape index (κ2) is 7.47. The van der Waals surface area contributed by atoms with Gasteiger partial charge in [0.15, 0.2) is 15.1 Å². The van der Waals surface area contributed by atoms with Crippen molar-refractivity contribution in [2.24, 2.45) is 0 Å². The molecule has 29 heavy (non-hydrogen) atoms. The normalized spacial score (nSPS) is 12.1. The smallest absolute Gasteiger partial charge is 0.281 e. The molecule has 0 aliphatic carbocycles. The predicted molar refractivity (Wildman–Crippen MR) is 116 cm³/mol. The summed E-state index contributed by atoms with van der Waals surface area (Å²) in [6.45, 7) is 3.61. The lowest BCUT2D eigenvalue weighted by Gasteiger charge is -2.09. The number of sulfonamides is 1. The third-order valence-electron chi connectivity index (χ3n) is 4.71. The van der Waals surface area contributed by atoms with Gasteiger partial charge < -0.3 is 0 Å². The molecule has 0 fully saturated rings. The van der Waals surface area contributed by atoms with Crippen LogP contribution in [0.2, 0.25) is 5.15 Å². The van der Waals surface area contributed by atoms with E-state index in [4.69, 9.17) is 11.6 Å². The quantitative estimate of drug-likeness (QED) is 0.457. The van der Waals surface area contributed by atoms with Gasteiger partial charge >= 0.3 is 0 Å². The second-order valence-electron chi connectivity index (χ2n) is 6.75. The Bertz CT molecular complexity index is 1330. The van der Waals surface area contributed by atoms with Crippen LogP contribution in [0.4, 0.5) is 5.69 Å². The van der Waals surface area contributed by atoms with Crippen molar-refractivity contribution in [3.8, 4) is 0 Å². The minimum Gasteiger partial charge on any atom is -0.287 e. The Hall–Kier alpha value is -2.36. The molecule has 4 aromatic rings. The van der Waals surface area contributed by atoms with Gasteiger partial charge in [0.2, 0.25) is 5.91 Å². The highest BCUT2D eigenvalue weighted by atomic mass is 35.5. The number of anilines is 1. The fourth-order valence-electron chi connectivity index (χ4n) is 3.37. The number of nitrogens with zero attached hydrogens (tertiary/aromatic N) is 3. The standard InChI is InChI=1S/C19H19ClN4O3S2/c1-3-4-5-13-11-24(12(2)25)16-7-6-14(10-15(13)16)22-29(26,27)18-17(20)21-19-23(18)8-9-28-19/h6-11,22H,3-5H2,1-2H3. The van der Waals surface area contributed by atoms with E-state index in [0.717, 1.165) is 35.7 Å². The van der Waals surface area contributed by atoms with E-state index >= 15 is 0 Å². The van der Waals surface area contributed by atoms with Crippen molar-refractivity contribution < 1.29 is 13.2 Å². The molecule has 0 saturated heterocycles. The summed E-state index contributed by atoms with van der Waals surface area (Å²) in [5.74, 6) is -0.0861. The molecule has 0 atom stereocenters. The molecule has 0 saturated carbocycles. The SMILES string of the molecule is CCCCc1cn(C(C)=O)c2ccc(NS(=O)(=O)c3c(Cl)nc4sccn34)cc12. The number of unbranched alkanes of at least 4 members (excludes halogenated alkanes) is 1. The summed E-state index contributed by atoms with van der Waals surface area (Å²) in [5.41, 5.74) is 2.17. The van der Waals surface area contributed by atoms with Gasteiger partial charge in [-0.1, -0.05) is 24.9 Å². The van der Waals surface area contributed by atoms with Gasteiger partial charge in [-0.3, -0.25) is 18.5 Å². The summed E-state index contributed by atoms with van der Waals surface area (Å²) >= 11 is 7.39. The van der Waals surface area contributed by atoms with Crippen molar-refractivity contribution in [2.75, 3.05) is 4.72 Å². The van der Waals surface area contributed by atoms with Gasteiger partial charge in [-0.15, -0.1) is 11.3 Å². The van der Waals surface area contributed by atoms with Gasteiger partial charge in [0.1, 0.15) is 0 Å². The third-order valence-corrected chi connectivity index (χ3v) is 7.25. The Morgan fingerprint density at radius 3 is 2.86 bits per heavy atom. The van der Waals surface area contributed by atoms with E-state index in [1.807, 2.05) is 6.20 Å². The van der Waals surface area contributed by atoms with Crippen molar-refractivity contribution in [2.45, 2.75) is 38.1 Å². The molecule has 0 unspecified atom stereocenters. The maximum Gasteiger partial charge on any atom is 0.281 e. The van der Waals surface area contributed by atoms with Crippen LogP contribution in [0.15, 0.2) is 41.0 Å². The second-order valence-corrected chi connectivity index (χ2v) is 9.58. The van der Waals surface area contributed by atoms with Crippen LogP contribution in [-0.4, -0.2) is 28.3 Å². The van der Waals surface area contributed by atoms with Crippen molar-refractivity contribution in [1.29, 1.82) is 0 Å². The number of imidazole rings is 1. The summed E-state index contributed by atoms with van der Waals surface area (Å²) in [7, 11) is -3.95. The van der Waals surface area contributed by atoms with Crippen molar-refractivity contribution in [3.05, 3.63) is 46.7 Å². The molecule has 0 bridgehead atoms. The first-order chi connectivity index (χ1) is 13.8. The van der Waals surface area contributed by atoms with Crippen LogP contribution in [0.25, 0.3) is 15.9 Å². The molecular weight excluding hydrogens is 432 g/mol. The highest BCUT2D eigenvalue weighted by molar-refractivity contribution is 7.92. The summed E-state index contributed by atoms with van der Waals surface area (Å²) in [5, 5.41) is 2.43. The number of hydrogen-bond donors (Lipinski definition) is 1. The fraction of sp³-hybridized carbons (Fsp3) is 0.263. The van der Waals surface area contributed by atoms with Gasteiger partial charge in [-0.2, -0.15) is 8.42 Å². The average Bonchev–Trinajstić information content (AvgIpc) is 3.31. The zero-order valence-corrected chi connectivity index (χ0v) is 18.2. The van der Waals surface area contributed by atoms with Crippen molar-refractivity contribution in [3.63, 3.8) is 0 Å². The molecule has 0 amide bonds. The lowest BCUT2D eigenvalue weighted by molar-refractivity contribution is 0.0941. The summed E-state index contributed by atoms with van der Waals surface area (Å²) in [6, 6.07) is 5.15. The zero-order valence-electron chi connectivity index (χ0n) is 15.8. The number of nitrogens with one attached hydrogen (secondary N) is 1. The monoisotopic (exact) mass is 450 g/mol. The number of carbonyl (C=O) groups is 1. The number of aryl methyl sites for hydroxylation is 1. The third kappa shape index (κ3) is 3.54. The maximum absolute atomic E-state index is 13.0. The first-order valence-corrected chi connectivity index (χ1v) is 11.8. The Morgan fingerprint density at radius 2 is 2.14 bits per heavy atom. The van der Waals surface area contributed by atoms with Crippen LogP contribution >= 0.6 is 22.9 Å². The molecule has 0 spiro atoms. The Labute approximate surface area is 177 Å². The highest BCUT2D eigenvalue weighted by Gasteiger charge is 2.25. The Morgan fingerprint density at radius 1 is 1.34 bits per heavy atom. The molecule has 0 radical (unpaired) electrons. The summed E-state index contributed by atoms with van der Waals surface area (Å²) < 4.78 is 31.6. The van der Waals surface area contributed by atoms with Crippen LogP contribution < -0.4 is 4.72 Å². The maximum atomic E-state index is 13.0. The number of halogens is 1. The molecule has 3 heterocycles. The van der Waals surface area contributed by atoms with Gasteiger partial charge in [-0.05, 0) is 36.6 Å². The van der Waals surface area contributed by atoms with E-state index in [9.17, 15) is 13.2 Å². The van der Waals surface area contributed by atoms with Gasteiger partial charge in [0.05, 0.1) is 5.52 Å². The molecule has 7 nitrogen and oxygen atoms in total. The van der Waals surface area contributed by atoms with Crippen molar-refractivity contribution >= 4 is 60.4 Å². The van der Waals surface area contributed by atoms with Gasteiger partial charge in [0.25, 0.3) is 10.0 Å². The molecule has 10 heteroatoms. The van der Waals surface area contributed by atoms with Crippen LogP contribution in [0.3, 0.4) is 0 Å². The molecule has 0 aliphatic rings. The molecule has 152 valence electrons. The van der Waals surface area contributed by atoms with Gasteiger partial charge in [-0.25, -0.2) is 4.98 Å². The number of benzene rings is 1. The van der Waals surface area contributed by atoms with Crippen LogP contribution in [0.1, 0.15) is 37.0 Å². The van der Waals surface area contributed by atoms with Crippen LogP contribution in [0, 0.1) is 0 Å². The molecular formula is C19H19ClN4O3S2. The number of aromatic nitrogens is 3. The van der Waals surface area contributed by atoms with E-state index in [0.29, 0.717) is 10.6 Å². The van der Waals surface area contributed by atoms with E-state index in [1.165, 1.54) is 22.7 Å². The molecule has 4 rings (SSSR count). The molecule has 0 aliphatic heterocycles. The number of rotatable bonds is 6. The van der Waals surface area contributed by atoms with E-state index in [-0.39, 0.29) is 16.1 Å².